The zero-order chi connectivity index (χ0) is 12.4. The lowest BCUT2D eigenvalue weighted by molar-refractivity contribution is 0.589. The summed E-state index contributed by atoms with van der Waals surface area (Å²) < 4.78 is 6.98. The molecule has 18 heavy (non-hydrogen) atoms. The molecule has 0 radical (unpaired) electrons. The molecule has 0 spiro atoms. The van der Waals surface area contributed by atoms with E-state index in [0.29, 0.717) is 5.89 Å². The molecule has 0 atom stereocenters. The summed E-state index contributed by atoms with van der Waals surface area (Å²) in [5.41, 5.74) is 2.04. The first-order valence-electron chi connectivity index (χ1n) is 5.60. The number of halogens is 1. The van der Waals surface area contributed by atoms with E-state index in [0.717, 1.165) is 16.9 Å². The predicted octanol–water partition coefficient (Wildman–Crippen LogP) is 4.61. The van der Waals surface area contributed by atoms with Crippen LogP contribution in [0.25, 0.3) is 22.8 Å². The lowest BCUT2D eigenvalue weighted by Crippen LogP contribution is -1.76. The van der Waals surface area contributed by atoms with E-state index in [9.17, 15) is 0 Å². The Balaban J connectivity index is 1.97. The Labute approximate surface area is 119 Å². The summed E-state index contributed by atoms with van der Waals surface area (Å²) in [6.07, 6.45) is 1.77. The largest absolute Gasteiger partial charge is 0.436 e. The predicted molar refractivity (Wildman–Crippen MR) is 80.1 cm³/mol. The second-order valence-electron chi connectivity index (χ2n) is 3.90. The molecule has 88 valence electrons. The van der Waals surface area contributed by atoms with Crippen molar-refractivity contribution in [3.63, 3.8) is 0 Å². The van der Waals surface area contributed by atoms with Crippen molar-refractivity contribution in [3.05, 3.63) is 64.4 Å². The summed E-state index contributed by atoms with van der Waals surface area (Å²) in [4.78, 5) is 4.32. The lowest BCUT2D eigenvalue weighted by Gasteiger charge is -1.96. The summed E-state index contributed by atoms with van der Waals surface area (Å²) in [5.74, 6) is 1.45. The van der Waals surface area contributed by atoms with Gasteiger partial charge in [0.1, 0.15) is 0 Å². The van der Waals surface area contributed by atoms with Crippen LogP contribution in [-0.2, 0) is 0 Å². The molecule has 0 fully saturated rings. The quantitative estimate of drug-likeness (QED) is 0.633. The number of hydrogen-bond acceptors (Lipinski definition) is 2. The average molecular weight is 347 g/mol. The van der Waals surface area contributed by atoms with Gasteiger partial charge in [0.2, 0.25) is 5.89 Å². The highest BCUT2D eigenvalue weighted by Crippen LogP contribution is 2.26. The van der Waals surface area contributed by atoms with Gasteiger partial charge in [0.15, 0.2) is 5.76 Å². The van der Waals surface area contributed by atoms with E-state index in [1.54, 1.807) is 6.20 Å². The lowest BCUT2D eigenvalue weighted by atomic mass is 10.2. The standard InChI is InChI=1S/C15H10INO/c16-13-8-6-12(7-9-13)15-17-10-14(18-15)11-4-2-1-3-5-11/h1-10H. The molecule has 1 aromatic heterocycles. The minimum Gasteiger partial charge on any atom is -0.436 e. The summed E-state index contributed by atoms with van der Waals surface area (Å²) in [7, 11) is 0. The van der Waals surface area contributed by atoms with Crippen LogP contribution in [0.15, 0.2) is 65.2 Å². The molecule has 3 heteroatoms. The highest BCUT2D eigenvalue weighted by Gasteiger charge is 2.07. The SMILES string of the molecule is Ic1ccc(-c2ncc(-c3ccccc3)o2)cc1. The van der Waals surface area contributed by atoms with E-state index in [4.69, 9.17) is 4.42 Å². The monoisotopic (exact) mass is 347 g/mol. The molecule has 2 nitrogen and oxygen atoms in total. The molecular weight excluding hydrogens is 337 g/mol. The van der Waals surface area contributed by atoms with Crippen molar-refractivity contribution in [3.8, 4) is 22.8 Å². The molecule has 0 saturated heterocycles. The van der Waals surface area contributed by atoms with Crippen LogP contribution in [0, 0.1) is 3.57 Å². The third-order valence-electron chi connectivity index (χ3n) is 2.66. The summed E-state index contributed by atoms with van der Waals surface area (Å²) >= 11 is 2.28. The Bertz CT molecular complexity index is 644. The fraction of sp³-hybridized carbons (Fsp3) is 0. The van der Waals surface area contributed by atoms with Crippen LogP contribution in [0.5, 0.6) is 0 Å². The Morgan fingerprint density at radius 1 is 0.833 bits per heavy atom. The zero-order valence-corrected chi connectivity index (χ0v) is 11.7. The second kappa shape index (κ2) is 4.94. The maximum absolute atomic E-state index is 5.78. The molecule has 0 aliphatic heterocycles. The van der Waals surface area contributed by atoms with E-state index in [-0.39, 0.29) is 0 Å². The van der Waals surface area contributed by atoms with E-state index in [1.807, 2.05) is 54.6 Å². The van der Waals surface area contributed by atoms with Crippen LogP contribution < -0.4 is 0 Å². The van der Waals surface area contributed by atoms with Gasteiger partial charge in [-0.1, -0.05) is 30.3 Å². The Hall–Kier alpha value is -1.62. The fourth-order valence-corrected chi connectivity index (χ4v) is 2.10. The van der Waals surface area contributed by atoms with Crippen molar-refractivity contribution < 1.29 is 4.42 Å². The van der Waals surface area contributed by atoms with Gasteiger partial charge in [0, 0.05) is 14.7 Å². The molecule has 3 aromatic rings. The Morgan fingerprint density at radius 2 is 1.56 bits per heavy atom. The number of rotatable bonds is 2. The third-order valence-corrected chi connectivity index (χ3v) is 3.37. The molecule has 0 bridgehead atoms. The van der Waals surface area contributed by atoms with Gasteiger partial charge in [-0.3, -0.25) is 0 Å². The maximum Gasteiger partial charge on any atom is 0.226 e. The van der Waals surface area contributed by atoms with Gasteiger partial charge in [-0.25, -0.2) is 4.98 Å². The summed E-state index contributed by atoms with van der Waals surface area (Å²) in [6.45, 7) is 0. The van der Waals surface area contributed by atoms with Gasteiger partial charge in [-0.2, -0.15) is 0 Å². The molecular formula is C15H10INO. The van der Waals surface area contributed by atoms with Crippen molar-refractivity contribution in [2.75, 3.05) is 0 Å². The molecule has 3 rings (SSSR count). The second-order valence-corrected chi connectivity index (χ2v) is 5.15. The van der Waals surface area contributed by atoms with E-state index in [2.05, 4.69) is 27.6 Å². The molecule has 0 aliphatic carbocycles. The third kappa shape index (κ3) is 2.31. The van der Waals surface area contributed by atoms with Gasteiger partial charge in [0.05, 0.1) is 6.20 Å². The number of nitrogens with zero attached hydrogens (tertiary/aromatic N) is 1. The number of benzene rings is 2. The normalized spacial score (nSPS) is 10.5. The first-order valence-corrected chi connectivity index (χ1v) is 6.68. The highest BCUT2D eigenvalue weighted by molar-refractivity contribution is 14.1. The van der Waals surface area contributed by atoms with Crippen LogP contribution in [0.1, 0.15) is 0 Å². The number of hydrogen-bond donors (Lipinski definition) is 0. The van der Waals surface area contributed by atoms with Crippen LogP contribution in [0.2, 0.25) is 0 Å². The number of oxazole rings is 1. The Morgan fingerprint density at radius 3 is 2.28 bits per heavy atom. The molecule has 1 heterocycles. The fourth-order valence-electron chi connectivity index (χ4n) is 1.74. The van der Waals surface area contributed by atoms with Gasteiger partial charge in [0.25, 0.3) is 0 Å². The molecule has 0 saturated carbocycles. The van der Waals surface area contributed by atoms with Crippen LogP contribution in [0.3, 0.4) is 0 Å². The summed E-state index contributed by atoms with van der Waals surface area (Å²) in [5, 5.41) is 0. The van der Waals surface area contributed by atoms with Crippen molar-refractivity contribution in [2.24, 2.45) is 0 Å². The highest BCUT2D eigenvalue weighted by atomic mass is 127. The van der Waals surface area contributed by atoms with Crippen molar-refractivity contribution in [2.45, 2.75) is 0 Å². The molecule has 0 unspecified atom stereocenters. The van der Waals surface area contributed by atoms with Crippen LogP contribution in [0.4, 0.5) is 0 Å². The minimum atomic E-state index is 0.658. The molecule has 0 N–H and O–H groups in total. The van der Waals surface area contributed by atoms with Gasteiger partial charge in [-0.15, -0.1) is 0 Å². The molecule has 0 aliphatic rings. The topological polar surface area (TPSA) is 26.0 Å². The van der Waals surface area contributed by atoms with Crippen molar-refractivity contribution >= 4 is 22.6 Å². The van der Waals surface area contributed by atoms with Crippen LogP contribution >= 0.6 is 22.6 Å². The Kier molecular flexibility index (Phi) is 3.15. The summed E-state index contributed by atoms with van der Waals surface area (Å²) in [6, 6.07) is 18.1. The first-order chi connectivity index (χ1) is 8.83. The maximum atomic E-state index is 5.78. The first kappa shape index (κ1) is 11.5. The van der Waals surface area contributed by atoms with E-state index in [1.165, 1.54) is 3.57 Å². The average Bonchev–Trinajstić information content (AvgIpc) is 2.90. The van der Waals surface area contributed by atoms with Gasteiger partial charge < -0.3 is 4.42 Å². The molecule has 2 aromatic carbocycles. The van der Waals surface area contributed by atoms with Gasteiger partial charge >= 0.3 is 0 Å². The minimum absolute atomic E-state index is 0.658. The smallest absolute Gasteiger partial charge is 0.226 e. The van der Waals surface area contributed by atoms with Gasteiger partial charge in [-0.05, 0) is 46.9 Å². The van der Waals surface area contributed by atoms with E-state index >= 15 is 0 Å². The van der Waals surface area contributed by atoms with Crippen LogP contribution in [-0.4, -0.2) is 4.98 Å². The van der Waals surface area contributed by atoms with E-state index < -0.39 is 0 Å². The molecule has 0 amide bonds. The van der Waals surface area contributed by atoms with Crippen molar-refractivity contribution in [1.82, 2.24) is 4.98 Å². The zero-order valence-electron chi connectivity index (χ0n) is 9.51. The van der Waals surface area contributed by atoms with Crippen molar-refractivity contribution in [1.29, 1.82) is 0 Å². The number of aromatic nitrogens is 1.